The van der Waals surface area contributed by atoms with Gasteiger partial charge in [-0.1, -0.05) is 12.1 Å². The number of rotatable bonds is 2. The highest BCUT2D eigenvalue weighted by Crippen LogP contribution is 2.29. The van der Waals surface area contributed by atoms with Gasteiger partial charge in [-0.15, -0.1) is 12.6 Å². The number of thiol groups is 1. The van der Waals surface area contributed by atoms with Gasteiger partial charge in [0.15, 0.2) is 0 Å². The van der Waals surface area contributed by atoms with Crippen molar-refractivity contribution >= 4 is 18.6 Å². The van der Waals surface area contributed by atoms with E-state index in [0.29, 0.717) is 5.56 Å². The number of hydrogen-bond acceptors (Lipinski definition) is 3. The molecule has 2 rings (SSSR count). The standard InChI is InChI=1S/C16H16O2S/c1-10-8-13(16(17)18-3)9-11(2)15(10)12-4-6-14(19)7-5-12/h4-9,19H,1-3H3. The Morgan fingerprint density at radius 2 is 1.58 bits per heavy atom. The number of esters is 1. The fourth-order valence-electron chi connectivity index (χ4n) is 2.28. The molecular formula is C16H16O2S. The largest absolute Gasteiger partial charge is 0.465 e. The van der Waals surface area contributed by atoms with Crippen LogP contribution in [0.25, 0.3) is 11.1 Å². The molecular weight excluding hydrogens is 256 g/mol. The first-order chi connectivity index (χ1) is 9.02. The summed E-state index contributed by atoms with van der Waals surface area (Å²) in [7, 11) is 1.40. The van der Waals surface area contributed by atoms with E-state index in [1.165, 1.54) is 7.11 Å². The lowest BCUT2D eigenvalue weighted by molar-refractivity contribution is 0.0600. The summed E-state index contributed by atoms with van der Waals surface area (Å²) in [4.78, 5) is 12.5. The third kappa shape index (κ3) is 2.82. The van der Waals surface area contributed by atoms with Crippen LogP contribution in [0.15, 0.2) is 41.3 Å². The van der Waals surface area contributed by atoms with Crippen LogP contribution in [0.1, 0.15) is 21.5 Å². The highest BCUT2D eigenvalue weighted by molar-refractivity contribution is 7.80. The summed E-state index contributed by atoms with van der Waals surface area (Å²) in [5.41, 5.74) is 5.00. The van der Waals surface area contributed by atoms with Gasteiger partial charge in [0.05, 0.1) is 12.7 Å². The molecule has 0 heterocycles. The maximum absolute atomic E-state index is 11.6. The lowest BCUT2D eigenvalue weighted by Crippen LogP contribution is -2.03. The van der Waals surface area contributed by atoms with Crippen LogP contribution in [-0.2, 0) is 4.74 Å². The van der Waals surface area contributed by atoms with Gasteiger partial charge < -0.3 is 4.74 Å². The van der Waals surface area contributed by atoms with E-state index in [1.807, 2.05) is 50.2 Å². The average molecular weight is 272 g/mol. The predicted molar refractivity (Wildman–Crippen MR) is 79.9 cm³/mol. The molecule has 0 bridgehead atoms. The second-order valence-corrected chi connectivity index (χ2v) is 5.04. The summed E-state index contributed by atoms with van der Waals surface area (Å²) in [6, 6.07) is 11.7. The smallest absolute Gasteiger partial charge is 0.337 e. The van der Waals surface area contributed by atoms with E-state index in [2.05, 4.69) is 12.6 Å². The zero-order valence-electron chi connectivity index (χ0n) is 11.2. The van der Waals surface area contributed by atoms with Gasteiger partial charge in [-0.3, -0.25) is 0 Å². The molecule has 0 aliphatic carbocycles. The Morgan fingerprint density at radius 1 is 1.05 bits per heavy atom. The number of methoxy groups -OCH3 is 1. The molecule has 0 aliphatic rings. The number of aryl methyl sites for hydroxylation is 2. The third-order valence-corrected chi connectivity index (χ3v) is 3.41. The summed E-state index contributed by atoms with van der Waals surface area (Å²) >= 11 is 4.29. The average Bonchev–Trinajstić information content (AvgIpc) is 2.39. The first kappa shape index (κ1) is 13.7. The van der Waals surface area contributed by atoms with Crippen LogP contribution in [-0.4, -0.2) is 13.1 Å². The summed E-state index contributed by atoms with van der Waals surface area (Å²) in [5, 5.41) is 0. The number of ether oxygens (including phenoxy) is 1. The first-order valence-electron chi connectivity index (χ1n) is 6.02. The van der Waals surface area contributed by atoms with Crippen molar-refractivity contribution in [3.63, 3.8) is 0 Å². The second kappa shape index (κ2) is 5.49. The summed E-state index contributed by atoms with van der Waals surface area (Å²) in [5.74, 6) is -0.302. The normalized spacial score (nSPS) is 10.3. The Bertz CT molecular complexity index is 592. The molecule has 0 unspecified atom stereocenters. The van der Waals surface area contributed by atoms with Crippen molar-refractivity contribution < 1.29 is 9.53 Å². The van der Waals surface area contributed by atoms with Crippen molar-refractivity contribution in [3.05, 3.63) is 53.1 Å². The van der Waals surface area contributed by atoms with Gasteiger partial charge in [-0.05, 0) is 60.4 Å². The monoisotopic (exact) mass is 272 g/mol. The number of hydrogen-bond donors (Lipinski definition) is 1. The van der Waals surface area contributed by atoms with Crippen molar-refractivity contribution in [1.82, 2.24) is 0 Å². The lowest BCUT2D eigenvalue weighted by atomic mass is 9.93. The topological polar surface area (TPSA) is 26.3 Å². The highest BCUT2D eigenvalue weighted by atomic mass is 32.1. The van der Waals surface area contributed by atoms with E-state index < -0.39 is 0 Å². The minimum atomic E-state index is -0.302. The molecule has 0 radical (unpaired) electrons. The Kier molecular flexibility index (Phi) is 3.96. The fourth-order valence-corrected chi connectivity index (χ4v) is 2.43. The highest BCUT2D eigenvalue weighted by Gasteiger charge is 2.12. The van der Waals surface area contributed by atoms with Crippen molar-refractivity contribution in [2.24, 2.45) is 0 Å². The predicted octanol–water partition coefficient (Wildman–Crippen LogP) is 4.05. The molecule has 0 spiro atoms. The molecule has 0 fully saturated rings. The van der Waals surface area contributed by atoms with Crippen LogP contribution in [0.2, 0.25) is 0 Å². The van der Waals surface area contributed by atoms with Crippen LogP contribution in [0.3, 0.4) is 0 Å². The van der Waals surface area contributed by atoms with E-state index in [-0.39, 0.29) is 5.97 Å². The SMILES string of the molecule is COC(=O)c1cc(C)c(-c2ccc(S)cc2)c(C)c1. The molecule has 2 nitrogen and oxygen atoms in total. The summed E-state index contributed by atoms with van der Waals surface area (Å²) in [6.45, 7) is 4.01. The van der Waals surface area contributed by atoms with Crippen LogP contribution < -0.4 is 0 Å². The Balaban J connectivity index is 2.53. The number of carbonyl (C=O) groups is 1. The maximum atomic E-state index is 11.6. The van der Waals surface area contributed by atoms with E-state index in [9.17, 15) is 4.79 Å². The minimum absolute atomic E-state index is 0.302. The molecule has 3 heteroatoms. The number of benzene rings is 2. The Labute approximate surface area is 118 Å². The van der Waals surface area contributed by atoms with Crippen LogP contribution >= 0.6 is 12.6 Å². The quantitative estimate of drug-likeness (QED) is 0.659. The van der Waals surface area contributed by atoms with Crippen LogP contribution in [0, 0.1) is 13.8 Å². The van der Waals surface area contributed by atoms with Gasteiger partial charge in [-0.25, -0.2) is 4.79 Å². The molecule has 2 aromatic rings. The third-order valence-electron chi connectivity index (χ3n) is 3.11. The van der Waals surface area contributed by atoms with Crippen molar-refractivity contribution in [2.75, 3.05) is 7.11 Å². The Hall–Kier alpha value is -1.74. The second-order valence-electron chi connectivity index (χ2n) is 4.52. The van der Waals surface area contributed by atoms with Gasteiger partial charge in [0.2, 0.25) is 0 Å². The van der Waals surface area contributed by atoms with E-state index in [4.69, 9.17) is 4.74 Å². The van der Waals surface area contributed by atoms with Gasteiger partial charge in [0.25, 0.3) is 0 Å². The molecule has 0 saturated carbocycles. The first-order valence-corrected chi connectivity index (χ1v) is 6.46. The molecule has 19 heavy (non-hydrogen) atoms. The maximum Gasteiger partial charge on any atom is 0.337 e. The Morgan fingerprint density at radius 3 is 2.05 bits per heavy atom. The van der Waals surface area contributed by atoms with Crippen molar-refractivity contribution in [2.45, 2.75) is 18.7 Å². The van der Waals surface area contributed by atoms with Gasteiger partial charge in [0, 0.05) is 4.90 Å². The van der Waals surface area contributed by atoms with Gasteiger partial charge in [0.1, 0.15) is 0 Å². The summed E-state index contributed by atoms with van der Waals surface area (Å²) in [6.07, 6.45) is 0. The fraction of sp³-hybridized carbons (Fsp3) is 0.188. The molecule has 0 amide bonds. The van der Waals surface area contributed by atoms with Crippen molar-refractivity contribution in [1.29, 1.82) is 0 Å². The van der Waals surface area contributed by atoms with Crippen LogP contribution in [0.5, 0.6) is 0 Å². The minimum Gasteiger partial charge on any atom is -0.465 e. The molecule has 0 aromatic heterocycles. The van der Waals surface area contributed by atoms with E-state index in [1.54, 1.807) is 0 Å². The van der Waals surface area contributed by atoms with Gasteiger partial charge >= 0.3 is 5.97 Å². The molecule has 98 valence electrons. The van der Waals surface area contributed by atoms with Gasteiger partial charge in [-0.2, -0.15) is 0 Å². The molecule has 0 aliphatic heterocycles. The zero-order chi connectivity index (χ0) is 14.0. The van der Waals surface area contributed by atoms with E-state index >= 15 is 0 Å². The molecule has 0 atom stereocenters. The van der Waals surface area contributed by atoms with Crippen LogP contribution in [0.4, 0.5) is 0 Å². The summed E-state index contributed by atoms with van der Waals surface area (Å²) < 4.78 is 4.76. The zero-order valence-corrected chi connectivity index (χ0v) is 12.1. The van der Waals surface area contributed by atoms with E-state index in [0.717, 1.165) is 27.1 Å². The molecule has 2 aromatic carbocycles. The van der Waals surface area contributed by atoms with Crippen molar-refractivity contribution in [3.8, 4) is 11.1 Å². The number of carbonyl (C=O) groups excluding carboxylic acids is 1. The molecule has 0 N–H and O–H groups in total. The lowest BCUT2D eigenvalue weighted by Gasteiger charge is -2.12. The molecule has 0 saturated heterocycles.